The van der Waals surface area contributed by atoms with Gasteiger partial charge in [-0.2, -0.15) is 15.0 Å². The first kappa shape index (κ1) is 14.7. The summed E-state index contributed by atoms with van der Waals surface area (Å²) in [4.78, 5) is 1.65. The summed E-state index contributed by atoms with van der Waals surface area (Å²) in [5.74, 6) is 0. The molecule has 0 amide bonds. The Morgan fingerprint density at radius 1 is 1.05 bits per heavy atom. The number of aromatic nitrogens is 3. The first-order valence-electron chi connectivity index (χ1n) is 7.18. The van der Waals surface area contributed by atoms with Gasteiger partial charge >= 0.3 is 0 Å². The lowest BCUT2D eigenvalue weighted by Crippen LogP contribution is -2.15. The highest BCUT2D eigenvalue weighted by atomic mass is 16.2. The first-order valence-corrected chi connectivity index (χ1v) is 7.18. The van der Waals surface area contributed by atoms with Crippen molar-refractivity contribution >= 4 is 0 Å². The quantitative estimate of drug-likeness (QED) is 0.686. The standard InChI is InChI=1S/C15H22N4O/c20-11-7-2-1-6-10-16-12-14-13-17-19(18-14)15-8-4-3-5-9-15/h3-5,8-9,13,16,20H,1-2,6-7,10-12H2. The largest absolute Gasteiger partial charge is 0.396 e. The molecule has 20 heavy (non-hydrogen) atoms. The predicted molar refractivity (Wildman–Crippen MR) is 78.6 cm³/mol. The van der Waals surface area contributed by atoms with Crippen LogP contribution in [0.25, 0.3) is 5.69 Å². The molecule has 0 fully saturated rings. The summed E-state index contributed by atoms with van der Waals surface area (Å²) in [6.07, 6.45) is 6.09. The van der Waals surface area contributed by atoms with E-state index in [1.54, 1.807) is 11.0 Å². The minimum Gasteiger partial charge on any atom is -0.396 e. The summed E-state index contributed by atoms with van der Waals surface area (Å²) >= 11 is 0. The molecule has 1 aromatic heterocycles. The highest BCUT2D eigenvalue weighted by Crippen LogP contribution is 2.04. The van der Waals surface area contributed by atoms with Crippen LogP contribution in [0.2, 0.25) is 0 Å². The molecule has 108 valence electrons. The Balaban J connectivity index is 1.69. The molecular weight excluding hydrogens is 252 g/mol. The van der Waals surface area contributed by atoms with Gasteiger partial charge in [-0.1, -0.05) is 31.0 Å². The van der Waals surface area contributed by atoms with E-state index in [4.69, 9.17) is 5.11 Å². The van der Waals surface area contributed by atoms with Crippen molar-refractivity contribution in [1.29, 1.82) is 0 Å². The van der Waals surface area contributed by atoms with Crippen molar-refractivity contribution in [2.24, 2.45) is 0 Å². The minimum absolute atomic E-state index is 0.302. The summed E-state index contributed by atoms with van der Waals surface area (Å²) in [6.45, 7) is 2.02. The zero-order valence-corrected chi connectivity index (χ0v) is 11.7. The second-order valence-electron chi connectivity index (χ2n) is 4.78. The Bertz CT molecular complexity index is 484. The van der Waals surface area contributed by atoms with Gasteiger partial charge < -0.3 is 10.4 Å². The van der Waals surface area contributed by atoms with Gasteiger partial charge in [-0.3, -0.25) is 0 Å². The minimum atomic E-state index is 0.302. The maximum absolute atomic E-state index is 8.68. The van der Waals surface area contributed by atoms with Gasteiger partial charge in [0.25, 0.3) is 0 Å². The average Bonchev–Trinajstić information content (AvgIpc) is 2.96. The maximum atomic E-state index is 8.68. The van der Waals surface area contributed by atoms with Gasteiger partial charge in [0.2, 0.25) is 0 Å². The third-order valence-electron chi connectivity index (χ3n) is 3.09. The zero-order valence-electron chi connectivity index (χ0n) is 11.7. The second kappa shape index (κ2) is 8.45. The molecule has 0 saturated heterocycles. The van der Waals surface area contributed by atoms with E-state index in [0.29, 0.717) is 6.61 Å². The number of nitrogens with one attached hydrogen (secondary N) is 1. The Labute approximate surface area is 119 Å². The molecule has 0 aliphatic heterocycles. The molecule has 0 unspecified atom stereocenters. The van der Waals surface area contributed by atoms with Crippen LogP contribution in [-0.2, 0) is 6.54 Å². The van der Waals surface area contributed by atoms with Crippen molar-refractivity contribution < 1.29 is 5.11 Å². The predicted octanol–water partition coefficient (Wildman–Crippen LogP) is 1.91. The lowest BCUT2D eigenvalue weighted by atomic mass is 10.2. The van der Waals surface area contributed by atoms with Crippen LogP contribution in [0.1, 0.15) is 31.4 Å². The number of aliphatic hydroxyl groups is 1. The van der Waals surface area contributed by atoms with Gasteiger partial charge in [0.1, 0.15) is 0 Å². The highest BCUT2D eigenvalue weighted by Gasteiger charge is 2.01. The molecule has 0 bridgehead atoms. The van der Waals surface area contributed by atoms with Gasteiger partial charge in [-0.15, -0.1) is 0 Å². The number of hydrogen-bond acceptors (Lipinski definition) is 4. The molecular formula is C15H22N4O. The SMILES string of the molecule is OCCCCCCNCc1cnn(-c2ccccc2)n1. The fraction of sp³-hybridized carbons (Fsp3) is 0.467. The van der Waals surface area contributed by atoms with Gasteiger partial charge in [-0.05, 0) is 31.5 Å². The smallest absolute Gasteiger partial charge is 0.0969 e. The molecule has 0 aliphatic carbocycles. The van der Waals surface area contributed by atoms with Crippen LogP contribution in [0, 0.1) is 0 Å². The van der Waals surface area contributed by atoms with Crippen molar-refractivity contribution in [3.63, 3.8) is 0 Å². The number of unbranched alkanes of at least 4 members (excludes halogenated alkanes) is 3. The summed E-state index contributed by atoms with van der Waals surface area (Å²) < 4.78 is 0. The van der Waals surface area contributed by atoms with Crippen molar-refractivity contribution in [3.8, 4) is 5.69 Å². The third-order valence-corrected chi connectivity index (χ3v) is 3.09. The van der Waals surface area contributed by atoms with E-state index in [1.807, 2.05) is 30.3 Å². The van der Waals surface area contributed by atoms with E-state index >= 15 is 0 Å². The molecule has 0 radical (unpaired) electrons. The fourth-order valence-electron chi connectivity index (χ4n) is 1.99. The number of aliphatic hydroxyl groups excluding tert-OH is 1. The molecule has 2 rings (SSSR count). The molecule has 0 spiro atoms. The zero-order chi connectivity index (χ0) is 14.0. The molecule has 2 aromatic rings. The number of nitrogens with zero attached hydrogens (tertiary/aromatic N) is 3. The van der Waals surface area contributed by atoms with Crippen LogP contribution in [0.15, 0.2) is 36.5 Å². The van der Waals surface area contributed by atoms with Crippen molar-refractivity contribution in [2.45, 2.75) is 32.2 Å². The topological polar surface area (TPSA) is 63.0 Å². The lowest BCUT2D eigenvalue weighted by molar-refractivity contribution is 0.282. The Hall–Kier alpha value is -1.72. The second-order valence-corrected chi connectivity index (χ2v) is 4.78. The Morgan fingerprint density at radius 2 is 1.85 bits per heavy atom. The van der Waals surface area contributed by atoms with E-state index in [-0.39, 0.29) is 0 Å². The normalized spacial score (nSPS) is 10.8. The van der Waals surface area contributed by atoms with E-state index in [9.17, 15) is 0 Å². The fourth-order valence-corrected chi connectivity index (χ4v) is 1.99. The monoisotopic (exact) mass is 274 g/mol. The number of hydrogen-bond donors (Lipinski definition) is 2. The lowest BCUT2D eigenvalue weighted by Gasteiger charge is -2.02. The van der Waals surface area contributed by atoms with E-state index in [0.717, 1.165) is 50.2 Å². The number of rotatable bonds is 9. The summed E-state index contributed by atoms with van der Waals surface area (Å²) in [5, 5.41) is 20.7. The number of benzene rings is 1. The number of para-hydroxylation sites is 1. The average molecular weight is 274 g/mol. The summed E-state index contributed by atoms with van der Waals surface area (Å²) in [6, 6.07) is 9.90. The van der Waals surface area contributed by atoms with Crippen LogP contribution in [0.5, 0.6) is 0 Å². The maximum Gasteiger partial charge on any atom is 0.0969 e. The van der Waals surface area contributed by atoms with Crippen molar-refractivity contribution in [3.05, 3.63) is 42.2 Å². The van der Waals surface area contributed by atoms with Gasteiger partial charge in [0, 0.05) is 13.2 Å². The summed E-state index contributed by atoms with van der Waals surface area (Å²) in [5.41, 5.74) is 1.92. The summed E-state index contributed by atoms with van der Waals surface area (Å²) in [7, 11) is 0. The van der Waals surface area contributed by atoms with E-state index < -0.39 is 0 Å². The van der Waals surface area contributed by atoms with Crippen LogP contribution < -0.4 is 5.32 Å². The molecule has 1 aromatic carbocycles. The molecule has 1 heterocycles. The van der Waals surface area contributed by atoms with Crippen LogP contribution in [-0.4, -0.2) is 33.3 Å². The highest BCUT2D eigenvalue weighted by molar-refractivity contribution is 5.28. The first-order chi connectivity index (χ1) is 9.90. The van der Waals surface area contributed by atoms with E-state index in [1.165, 1.54) is 0 Å². The molecule has 0 atom stereocenters. The molecule has 2 N–H and O–H groups in total. The Morgan fingerprint density at radius 3 is 2.65 bits per heavy atom. The Kier molecular flexibility index (Phi) is 6.20. The molecule has 0 saturated carbocycles. The van der Waals surface area contributed by atoms with Crippen LogP contribution >= 0.6 is 0 Å². The van der Waals surface area contributed by atoms with Crippen LogP contribution in [0.3, 0.4) is 0 Å². The van der Waals surface area contributed by atoms with Crippen molar-refractivity contribution in [2.75, 3.05) is 13.2 Å². The van der Waals surface area contributed by atoms with Gasteiger partial charge in [0.15, 0.2) is 0 Å². The molecule has 5 nitrogen and oxygen atoms in total. The van der Waals surface area contributed by atoms with Gasteiger partial charge in [0.05, 0.1) is 17.6 Å². The third kappa shape index (κ3) is 4.75. The van der Waals surface area contributed by atoms with Crippen molar-refractivity contribution in [1.82, 2.24) is 20.3 Å². The van der Waals surface area contributed by atoms with Gasteiger partial charge in [-0.25, -0.2) is 0 Å². The molecule has 5 heteroatoms. The molecule has 0 aliphatic rings. The van der Waals surface area contributed by atoms with E-state index in [2.05, 4.69) is 15.5 Å². The van der Waals surface area contributed by atoms with Crippen LogP contribution in [0.4, 0.5) is 0 Å².